The van der Waals surface area contributed by atoms with Crippen molar-refractivity contribution in [2.24, 2.45) is 0 Å². The number of fused-ring (bicyclic) bond motifs is 2. The number of pyridine rings is 1. The fourth-order valence-electron chi connectivity index (χ4n) is 4.96. The number of ether oxygens (including phenoxy) is 2. The molecule has 194 valence electrons. The molecule has 2 heterocycles. The van der Waals surface area contributed by atoms with Crippen LogP contribution in [-0.4, -0.2) is 66.1 Å². The van der Waals surface area contributed by atoms with Crippen molar-refractivity contribution in [1.82, 2.24) is 9.88 Å². The van der Waals surface area contributed by atoms with E-state index < -0.39 is 11.9 Å². The Morgan fingerprint density at radius 3 is 2.39 bits per heavy atom. The van der Waals surface area contributed by atoms with Crippen LogP contribution in [0.1, 0.15) is 22.8 Å². The van der Waals surface area contributed by atoms with Gasteiger partial charge in [0.25, 0.3) is 5.91 Å². The Morgan fingerprint density at radius 2 is 1.68 bits per heavy atom. The van der Waals surface area contributed by atoms with Crippen molar-refractivity contribution >= 4 is 45.3 Å². The number of carbonyl (C=O) groups excluding carboxylic acids is 2. The molecule has 0 atom stereocenters. The molecule has 1 N–H and O–H groups in total. The van der Waals surface area contributed by atoms with Gasteiger partial charge in [-0.05, 0) is 29.8 Å². The minimum Gasteiger partial charge on any atom is -0.497 e. The standard InChI is InChI=1S/C29H27N3O6/c1-18(33)38-22-14-19(15-26(34)35)27-25(17-22)30-24-9-4-3-8-23(24)28(27)29(36)32-12-10-31(11-13-32)20-6-5-7-21(16-20)37-2/h3-9,14,16-17H,10-13,15H2,1-2H3,(H,34,35). The highest BCUT2D eigenvalue weighted by Gasteiger charge is 2.27. The van der Waals surface area contributed by atoms with Gasteiger partial charge in [-0.25, -0.2) is 4.98 Å². The zero-order valence-electron chi connectivity index (χ0n) is 21.1. The monoisotopic (exact) mass is 513 g/mol. The molecule has 0 unspecified atom stereocenters. The summed E-state index contributed by atoms with van der Waals surface area (Å²) in [7, 11) is 1.63. The maximum Gasteiger partial charge on any atom is 0.308 e. The predicted molar refractivity (Wildman–Crippen MR) is 143 cm³/mol. The summed E-state index contributed by atoms with van der Waals surface area (Å²) in [6.45, 7) is 3.54. The molecule has 0 bridgehead atoms. The molecular formula is C29H27N3O6. The lowest BCUT2D eigenvalue weighted by Crippen LogP contribution is -2.49. The number of rotatable bonds is 6. The maximum absolute atomic E-state index is 14.1. The van der Waals surface area contributed by atoms with Crippen LogP contribution in [0.2, 0.25) is 0 Å². The van der Waals surface area contributed by atoms with Gasteiger partial charge < -0.3 is 24.4 Å². The zero-order chi connectivity index (χ0) is 26.8. The van der Waals surface area contributed by atoms with Crippen molar-refractivity contribution in [1.29, 1.82) is 0 Å². The van der Waals surface area contributed by atoms with Crippen molar-refractivity contribution in [2.45, 2.75) is 13.3 Å². The topological polar surface area (TPSA) is 109 Å². The molecule has 1 aliphatic rings. The van der Waals surface area contributed by atoms with Crippen molar-refractivity contribution in [2.75, 3.05) is 38.2 Å². The van der Waals surface area contributed by atoms with Crippen LogP contribution in [0.15, 0.2) is 60.7 Å². The van der Waals surface area contributed by atoms with Crippen LogP contribution in [0.5, 0.6) is 11.5 Å². The van der Waals surface area contributed by atoms with Gasteiger partial charge in [-0.3, -0.25) is 14.4 Å². The van der Waals surface area contributed by atoms with Crippen LogP contribution in [0, 0.1) is 0 Å². The molecule has 38 heavy (non-hydrogen) atoms. The molecule has 0 aliphatic carbocycles. The Bertz CT molecular complexity index is 1560. The summed E-state index contributed by atoms with van der Waals surface area (Å²) >= 11 is 0. The number of para-hydroxylation sites is 1. The van der Waals surface area contributed by atoms with E-state index in [2.05, 4.69) is 4.90 Å². The highest BCUT2D eigenvalue weighted by Crippen LogP contribution is 2.34. The van der Waals surface area contributed by atoms with Crippen molar-refractivity contribution in [3.63, 3.8) is 0 Å². The summed E-state index contributed by atoms with van der Waals surface area (Å²) in [6.07, 6.45) is -0.352. The molecule has 9 heteroatoms. The number of carboxylic acid groups (broad SMARTS) is 1. The molecule has 1 aromatic heterocycles. The average molecular weight is 514 g/mol. The highest BCUT2D eigenvalue weighted by molar-refractivity contribution is 6.17. The number of hydrogen-bond acceptors (Lipinski definition) is 7. The summed E-state index contributed by atoms with van der Waals surface area (Å²) in [5.41, 5.74) is 2.80. The number of piperazine rings is 1. The van der Waals surface area contributed by atoms with E-state index in [9.17, 15) is 19.5 Å². The third kappa shape index (κ3) is 4.95. The number of anilines is 1. The lowest BCUT2D eigenvalue weighted by molar-refractivity contribution is -0.136. The Hall–Kier alpha value is -4.66. The van der Waals surface area contributed by atoms with Gasteiger partial charge in [0, 0.05) is 61.7 Å². The Morgan fingerprint density at radius 1 is 0.921 bits per heavy atom. The first kappa shape index (κ1) is 25.0. The molecule has 0 saturated carbocycles. The van der Waals surface area contributed by atoms with E-state index in [-0.39, 0.29) is 18.1 Å². The van der Waals surface area contributed by atoms with E-state index in [4.69, 9.17) is 14.5 Å². The van der Waals surface area contributed by atoms with Gasteiger partial charge in [0.1, 0.15) is 11.5 Å². The fourth-order valence-corrected chi connectivity index (χ4v) is 4.96. The van der Waals surface area contributed by atoms with Crippen molar-refractivity contribution < 1.29 is 29.0 Å². The summed E-state index contributed by atoms with van der Waals surface area (Å²) in [4.78, 5) is 46.2. The van der Waals surface area contributed by atoms with Crippen LogP contribution in [-0.2, 0) is 16.0 Å². The second-order valence-corrected chi connectivity index (χ2v) is 9.13. The van der Waals surface area contributed by atoms with Crippen molar-refractivity contribution in [3.05, 3.63) is 71.8 Å². The summed E-state index contributed by atoms with van der Waals surface area (Å²) in [5, 5.41) is 10.7. The third-order valence-corrected chi connectivity index (χ3v) is 6.64. The Balaban J connectivity index is 1.56. The zero-order valence-corrected chi connectivity index (χ0v) is 21.1. The van der Waals surface area contributed by atoms with E-state index in [1.54, 1.807) is 18.1 Å². The number of methoxy groups -OCH3 is 1. The molecule has 1 amide bonds. The third-order valence-electron chi connectivity index (χ3n) is 6.64. The number of esters is 1. The molecule has 0 spiro atoms. The molecule has 1 saturated heterocycles. The smallest absolute Gasteiger partial charge is 0.308 e. The normalized spacial score (nSPS) is 13.5. The van der Waals surface area contributed by atoms with E-state index in [0.717, 1.165) is 11.4 Å². The summed E-state index contributed by atoms with van der Waals surface area (Å²) in [5.74, 6) is -0.823. The van der Waals surface area contributed by atoms with E-state index >= 15 is 0 Å². The number of benzene rings is 3. The van der Waals surface area contributed by atoms with Gasteiger partial charge in [-0.15, -0.1) is 0 Å². The summed E-state index contributed by atoms with van der Waals surface area (Å²) in [6, 6.07) is 18.2. The van der Waals surface area contributed by atoms with E-state index in [1.807, 2.05) is 48.5 Å². The Labute approximate surface area is 219 Å². The number of carbonyl (C=O) groups is 3. The molecule has 0 radical (unpaired) electrons. The second-order valence-electron chi connectivity index (χ2n) is 9.13. The minimum atomic E-state index is -1.07. The van der Waals surface area contributed by atoms with Crippen LogP contribution in [0.4, 0.5) is 5.69 Å². The molecule has 4 aromatic rings. The van der Waals surface area contributed by atoms with Crippen molar-refractivity contribution in [3.8, 4) is 11.5 Å². The first-order chi connectivity index (χ1) is 18.3. The minimum absolute atomic E-state index is 0.189. The molecular weight excluding hydrogens is 486 g/mol. The maximum atomic E-state index is 14.1. The second kappa shape index (κ2) is 10.4. The number of carboxylic acids is 1. The van der Waals surface area contributed by atoms with Gasteiger partial charge >= 0.3 is 11.9 Å². The van der Waals surface area contributed by atoms with Gasteiger partial charge in [0.2, 0.25) is 0 Å². The quantitative estimate of drug-likeness (QED) is 0.235. The predicted octanol–water partition coefficient (Wildman–Crippen LogP) is 3.91. The first-order valence-corrected chi connectivity index (χ1v) is 12.3. The van der Waals surface area contributed by atoms with Crippen LogP contribution in [0.3, 0.4) is 0 Å². The van der Waals surface area contributed by atoms with Gasteiger partial charge in [0.05, 0.1) is 30.1 Å². The fraction of sp³-hybridized carbons (Fsp3) is 0.241. The first-order valence-electron chi connectivity index (χ1n) is 12.3. The van der Waals surface area contributed by atoms with Crippen LogP contribution < -0.4 is 14.4 Å². The SMILES string of the molecule is COc1cccc(N2CCN(C(=O)c3c4ccccc4nc4cc(OC(C)=O)cc(CC(=O)O)c34)CC2)c1. The van der Waals surface area contributed by atoms with Crippen LogP contribution in [0.25, 0.3) is 21.8 Å². The molecule has 1 fully saturated rings. The van der Waals surface area contributed by atoms with Crippen LogP contribution >= 0.6 is 0 Å². The molecule has 9 nitrogen and oxygen atoms in total. The molecule has 5 rings (SSSR count). The number of aliphatic carboxylic acids is 1. The average Bonchev–Trinajstić information content (AvgIpc) is 2.91. The lowest BCUT2D eigenvalue weighted by atomic mass is 9.95. The van der Waals surface area contributed by atoms with Gasteiger partial charge in [-0.2, -0.15) is 0 Å². The Kier molecular flexibility index (Phi) is 6.83. The van der Waals surface area contributed by atoms with E-state index in [1.165, 1.54) is 13.0 Å². The highest BCUT2D eigenvalue weighted by atomic mass is 16.5. The summed E-state index contributed by atoms with van der Waals surface area (Å²) < 4.78 is 10.6. The lowest BCUT2D eigenvalue weighted by Gasteiger charge is -2.36. The van der Waals surface area contributed by atoms with E-state index in [0.29, 0.717) is 59.1 Å². The largest absolute Gasteiger partial charge is 0.497 e. The molecule has 1 aliphatic heterocycles. The van der Waals surface area contributed by atoms with Gasteiger partial charge in [0.15, 0.2) is 0 Å². The molecule has 3 aromatic carbocycles. The number of amides is 1. The number of hydrogen-bond donors (Lipinski definition) is 1. The number of aromatic nitrogens is 1. The number of nitrogens with zero attached hydrogens (tertiary/aromatic N) is 3. The van der Waals surface area contributed by atoms with Gasteiger partial charge in [-0.1, -0.05) is 24.3 Å².